The van der Waals surface area contributed by atoms with Gasteiger partial charge in [0.1, 0.15) is 12.1 Å². The highest BCUT2D eigenvalue weighted by Crippen LogP contribution is 2.29. The first-order chi connectivity index (χ1) is 15.4. The van der Waals surface area contributed by atoms with Crippen LogP contribution in [0.4, 0.5) is 4.79 Å². The second kappa shape index (κ2) is 8.95. The van der Waals surface area contributed by atoms with Crippen molar-refractivity contribution in [3.8, 4) is 0 Å². The fourth-order valence-corrected chi connectivity index (χ4v) is 4.48. The third kappa shape index (κ3) is 4.76. The molecule has 0 bridgehead atoms. The molecule has 1 fully saturated rings. The molecule has 0 radical (unpaired) electrons. The van der Waals surface area contributed by atoms with Crippen LogP contribution >= 0.6 is 0 Å². The average molecular weight is 473 g/mol. The van der Waals surface area contributed by atoms with E-state index in [-0.39, 0.29) is 4.90 Å². The van der Waals surface area contributed by atoms with E-state index in [4.69, 9.17) is 0 Å². The Hall–Kier alpha value is -3.24. The van der Waals surface area contributed by atoms with Crippen LogP contribution in [0.2, 0.25) is 0 Å². The maximum atomic E-state index is 13.0. The number of hydrogen-bond donors (Lipinski definition) is 2. The van der Waals surface area contributed by atoms with E-state index in [2.05, 4.69) is 10.6 Å². The largest absolute Gasteiger partial charge is 0.348 e. The van der Waals surface area contributed by atoms with Crippen LogP contribution in [0.15, 0.2) is 53.4 Å². The van der Waals surface area contributed by atoms with Crippen molar-refractivity contribution in [2.24, 2.45) is 0 Å². The Kier molecular flexibility index (Phi) is 6.62. The Morgan fingerprint density at radius 3 is 2.21 bits per heavy atom. The van der Waals surface area contributed by atoms with Gasteiger partial charge >= 0.3 is 6.03 Å². The first kappa shape index (κ1) is 24.4. The number of nitrogens with one attached hydrogen (secondary N) is 2. The number of rotatable bonds is 7. The number of urea groups is 1. The Morgan fingerprint density at radius 1 is 1.09 bits per heavy atom. The molecule has 0 aliphatic carbocycles. The predicted molar refractivity (Wildman–Crippen MR) is 123 cm³/mol. The SMILES string of the molecule is Cc1ccc(C2(C)NC(=O)N(CC(=O)NC(C)c3ccc(S(=O)(=O)N(C)C)cc3)C2=O)cc1. The number of hydrogen-bond acceptors (Lipinski definition) is 5. The normalized spacial score (nSPS) is 19.5. The van der Waals surface area contributed by atoms with E-state index >= 15 is 0 Å². The van der Waals surface area contributed by atoms with Crippen LogP contribution in [0.5, 0.6) is 0 Å². The molecule has 176 valence electrons. The lowest BCUT2D eigenvalue weighted by Crippen LogP contribution is -2.43. The minimum atomic E-state index is -3.55. The Bertz CT molecular complexity index is 1180. The molecule has 1 aliphatic heterocycles. The summed E-state index contributed by atoms with van der Waals surface area (Å²) in [5, 5.41) is 5.43. The van der Waals surface area contributed by atoms with Gasteiger partial charge in [-0.05, 0) is 44.0 Å². The molecule has 33 heavy (non-hydrogen) atoms. The molecule has 0 saturated carbocycles. The minimum Gasteiger partial charge on any atom is -0.348 e. The van der Waals surface area contributed by atoms with Crippen molar-refractivity contribution in [2.75, 3.05) is 20.6 Å². The quantitative estimate of drug-likeness (QED) is 0.597. The molecule has 3 rings (SSSR count). The van der Waals surface area contributed by atoms with Crippen LogP contribution in [0.3, 0.4) is 0 Å². The van der Waals surface area contributed by atoms with Crippen molar-refractivity contribution < 1.29 is 22.8 Å². The minimum absolute atomic E-state index is 0.143. The number of carbonyl (C=O) groups excluding carboxylic acids is 3. The van der Waals surface area contributed by atoms with Crippen LogP contribution in [0.25, 0.3) is 0 Å². The molecule has 0 spiro atoms. The van der Waals surface area contributed by atoms with Gasteiger partial charge in [0, 0.05) is 14.1 Å². The number of imide groups is 1. The molecule has 2 aromatic rings. The second-order valence-corrected chi connectivity index (χ2v) is 10.6. The molecule has 1 saturated heterocycles. The lowest BCUT2D eigenvalue weighted by Gasteiger charge is -2.22. The molecule has 2 atom stereocenters. The number of sulfonamides is 1. The van der Waals surface area contributed by atoms with Gasteiger partial charge in [0.15, 0.2) is 0 Å². The van der Waals surface area contributed by atoms with Gasteiger partial charge in [0.25, 0.3) is 5.91 Å². The van der Waals surface area contributed by atoms with Gasteiger partial charge in [-0.15, -0.1) is 0 Å². The highest BCUT2D eigenvalue weighted by Gasteiger charge is 2.49. The Morgan fingerprint density at radius 2 is 1.67 bits per heavy atom. The predicted octanol–water partition coefficient (Wildman–Crippen LogP) is 1.89. The zero-order valence-corrected chi connectivity index (χ0v) is 20.1. The van der Waals surface area contributed by atoms with Crippen LogP contribution < -0.4 is 10.6 Å². The summed E-state index contributed by atoms with van der Waals surface area (Å²) in [7, 11) is -0.649. The van der Waals surface area contributed by atoms with Crippen molar-refractivity contribution in [3.05, 3.63) is 65.2 Å². The zero-order valence-electron chi connectivity index (χ0n) is 19.2. The number of amides is 4. The highest BCUT2D eigenvalue weighted by molar-refractivity contribution is 7.89. The molecule has 10 heteroatoms. The summed E-state index contributed by atoms with van der Waals surface area (Å²) >= 11 is 0. The third-order valence-electron chi connectivity index (χ3n) is 5.74. The maximum Gasteiger partial charge on any atom is 0.325 e. The van der Waals surface area contributed by atoms with Crippen LogP contribution in [0, 0.1) is 6.92 Å². The third-order valence-corrected chi connectivity index (χ3v) is 7.57. The van der Waals surface area contributed by atoms with Crippen molar-refractivity contribution in [1.82, 2.24) is 19.8 Å². The molecule has 9 nitrogen and oxygen atoms in total. The van der Waals surface area contributed by atoms with E-state index in [1.807, 2.05) is 19.1 Å². The van der Waals surface area contributed by atoms with E-state index < -0.39 is 46.0 Å². The van der Waals surface area contributed by atoms with Crippen LogP contribution in [-0.2, 0) is 25.2 Å². The monoisotopic (exact) mass is 472 g/mol. The molecule has 0 aromatic heterocycles. The number of carbonyl (C=O) groups is 3. The number of nitrogens with zero attached hydrogens (tertiary/aromatic N) is 2. The van der Waals surface area contributed by atoms with Crippen molar-refractivity contribution in [2.45, 2.75) is 37.2 Å². The van der Waals surface area contributed by atoms with Gasteiger partial charge in [-0.2, -0.15) is 0 Å². The molecule has 1 aliphatic rings. The van der Waals surface area contributed by atoms with Gasteiger partial charge in [-0.25, -0.2) is 17.5 Å². The van der Waals surface area contributed by atoms with E-state index in [1.54, 1.807) is 38.1 Å². The maximum absolute atomic E-state index is 13.0. The average Bonchev–Trinajstić information content (AvgIpc) is 2.97. The standard InChI is InChI=1S/C23H28N4O5S/c1-15-6-10-18(11-7-15)23(3)21(29)27(22(30)25-23)14-20(28)24-16(2)17-8-12-19(13-9-17)33(31,32)26(4)5/h6-13,16H,14H2,1-5H3,(H,24,28)(H,25,30). The number of benzene rings is 2. The van der Waals surface area contributed by atoms with Gasteiger partial charge in [-0.3, -0.25) is 14.5 Å². The van der Waals surface area contributed by atoms with Gasteiger partial charge in [0.2, 0.25) is 15.9 Å². The summed E-state index contributed by atoms with van der Waals surface area (Å²) in [5.74, 6) is -1.01. The summed E-state index contributed by atoms with van der Waals surface area (Å²) in [5.41, 5.74) is 1.10. The van der Waals surface area contributed by atoms with Crippen molar-refractivity contribution in [1.29, 1.82) is 0 Å². The molecule has 1 heterocycles. The summed E-state index contributed by atoms with van der Waals surface area (Å²) in [4.78, 5) is 39.1. The summed E-state index contributed by atoms with van der Waals surface area (Å²) in [6.07, 6.45) is 0. The summed E-state index contributed by atoms with van der Waals surface area (Å²) < 4.78 is 25.5. The lowest BCUT2D eigenvalue weighted by molar-refractivity contribution is -0.135. The van der Waals surface area contributed by atoms with Crippen LogP contribution in [0.1, 0.15) is 36.6 Å². The van der Waals surface area contributed by atoms with Crippen molar-refractivity contribution in [3.63, 3.8) is 0 Å². The first-order valence-electron chi connectivity index (χ1n) is 10.4. The Labute approximate surface area is 193 Å². The Balaban J connectivity index is 1.67. The van der Waals surface area contributed by atoms with Gasteiger partial charge < -0.3 is 10.6 Å². The fraction of sp³-hybridized carbons (Fsp3) is 0.348. The molecular formula is C23H28N4O5S. The van der Waals surface area contributed by atoms with E-state index in [0.29, 0.717) is 11.1 Å². The van der Waals surface area contributed by atoms with Gasteiger partial charge in [-0.1, -0.05) is 42.0 Å². The topological polar surface area (TPSA) is 116 Å². The highest BCUT2D eigenvalue weighted by atomic mass is 32.2. The lowest BCUT2D eigenvalue weighted by atomic mass is 9.91. The molecule has 2 unspecified atom stereocenters. The van der Waals surface area contributed by atoms with E-state index in [0.717, 1.165) is 14.8 Å². The first-order valence-corrected chi connectivity index (χ1v) is 11.8. The number of aryl methyl sites for hydroxylation is 1. The fourth-order valence-electron chi connectivity index (χ4n) is 3.58. The van der Waals surface area contributed by atoms with E-state index in [9.17, 15) is 22.8 Å². The smallest absolute Gasteiger partial charge is 0.325 e. The van der Waals surface area contributed by atoms with Crippen molar-refractivity contribution >= 4 is 27.9 Å². The van der Waals surface area contributed by atoms with Crippen LogP contribution in [-0.4, -0.2) is 56.1 Å². The van der Waals surface area contributed by atoms with Gasteiger partial charge in [0.05, 0.1) is 10.9 Å². The van der Waals surface area contributed by atoms with E-state index in [1.165, 1.54) is 26.2 Å². The summed E-state index contributed by atoms with van der Waals surface area (Å²) in [6.45, 7) is 4.84. The molecular weight excluding hydrogens is 444 g/mol. The zero-order chi connectivity index (χ0) is 24.6. The molecule has 4 amide bonds. The second-order valence-electron chi connectivity index (χ2n) is 8.46. The molecule has 2 aromatic carbocycles. The molecule has 2 N–H and O–H groups in total. The summed E-state index contributed by atoms with van der Waals surface area (Å²) in [6, 6.07) is 12.3.